The van der Waals surface area contributed by atoms with E-state index >= 15 is 0 Å². The Kier molecular flexibility index (Phi) is 12.1. The van der Waals surface area contributed by atoms with Gasteiger partial charge in [-0.2, -0.15) is 0 Å². The predicted molar refractivity (Wildman–Crippen MR) is 184 cm³/mol. The lowest BCUT2D eigenvalue weighted by Crippen LogP contribution is -2.54. The first kappa shape index (κ1) is 34.8. The predicted octanol–water partition coefficient (Wildman–Crippen LogP) is 7.11. The summed E-state index contributed by atoms with van der Waals surface area (Å²) in [6.07, 6.45) is 1.94. The Hall–Kier alpha value is -4.05. The number of carbonyl (C=O) groups is 2. The molecule has 0 unspecified atom stereocenters. The molecule has 0 radical (unpaired) electrons. The second kappa shape index (κ2) is 16.0. The van der Waals surface area contributed by atoms with E-state index in [-0.39, 0.29) is 30.6 Å². The summed E-state index contributed by atoms with van der Waals surface area (Å²) >= 11 is 12.5. The maximum absolute atomic E-state index is 14.3. The summed E-state index contributed by atoms with van der Waals surface area (Å²) in [5.41, 5.74) is 1.74. The molecule has 4 rings (SSSR count). The van der Waals surface area contributed by atoms with Crippen LogP contribution in [-0.2, 0) is 32.6 Å². The zero-order chi connectivity index (χ0) is 33.3. The Morgan fingerprint density at radius 1 is 0.826 bits per heavy atom. The van der Waals surface area contributed by atoms with E-state index in [1.54, 1.807) is 54.6 Å². The van der Waals surface area contributed by atoms with Gasteiger partial charge < -0.3 is 15.0 Å². The maximum Gasteiger partial charge on any atom is 0.244 e. The lowest BCUT2D eigenvalue weighted by molar-refractivity contribution is -0.140. The number of hydrogen-bond acceptors (Lipinski definition) is 5. The molecule has 0 aromatic heterocycles. The van der Waals surface area contributed by atoms with Crippen LogP contribution in [-0.4, -0.2) is 50.0 Å². The molecule has 2 amide bonds. The Morgan fingerprint density at radius 2 is 1.43 bits per heavy atom. The zero-order valence-corrected chi connectivity index (χ0v) is 28.2. The van der Waals surface area contributed by atoms with Crippen molar-refractivity contribution >= 4 is 50.7 Å². The van der Waals surface area contributed by atoms with Crippen LogP contribution in [0.4, 0.5) is 5.69 Å². The van der Waals surface area contributed by atoms with Crippen LogP contribution in [0.2, 0.25) is 10.0 Å². The van der Waals surface area contributed by atoms with Gasteiger partial charge in [0.05, 0.1) is 22.0 Å². The molecule has 0 heterocycles. The standard InChI is InChI=1S/C35H37Cl2N3O5S/c1-4-25(2)38-35(42)33(22-26-11-7-5-8-12-26)39(23-27-15-20-31(36)32(37)21-27)34(41)24-40(46(3,43)44)28-16-18-30(19-17-28)45-29-13-9-6-10-14-29/h5-21,25,33H,4,22-24H2,1-3H3,(H,38,42)/t25-,33+/m0/s1. The molecular formula is C35H37Cl2N3O5S. The summed E-state index contributed by atoms with van der Waals surface area (Å²) in [4.78, 5) is 29.5. The highest BCUT2D eigenvalue weighted by Gasteiger charge is 2.33. The molecule has 4 aromatic carbocycles. The smallest absolute Gasteiger partial charge is 0.244 e. The highest BCUT2D eigenvalue weighted by Crippen LogP contribution is 2.27. The number of ether oxygens (including phenoxy) is 1. The van der Waals surface area contributed by atoms with Gasteiger partial charge in [-0.05, 0) is 73.0 Å². The average molecular weight is 683 g/mol. The normalized spacial score (nSPS) is 12.5. The molecule has 0 aliphatic rings. The first-order valence-corrected chi connectivity index (χ1v) is 17.4. The van der Waals surface area contributed by atoms with Gasteiger partial charge in [0.25, 0.3) is 0 Å². The quantitative estimate of drug-likeness (QED) is 0.153. The number of carbonyl (C=O) groups excluding carboxylic acids is 2. The molecule has 2 atom stereocenters. The number of nitrogens with zero attached hydrogens (tertiary/aromatic N) is 2. The summed E-state index contributed by atoms with van der Waals surface area (Å²) in [5, 5.41) is 3.65. The van der Waals surface area contributed by atoms with Crippen molar-refractivity contribution in [2.75, 3.05) is 17.1 Å². The molecule has 8 nitrogen and oxygen atoms in total. The monoisotopic (exact) mass is 681 g/mol. The van der Waals surface area contributed by atoms with E-state index in [4.69, 9.17) is 27.9 Å². The minimum atomic E-state index is -3.93. The molecular weight excluding hydrogens is 645 g/mol. The van der Waals surface area contributed by atoms with Crippen molar-refractivity contribution in [3.63, 3.8) is 0 Å². The summed E-state index contributed by atoms with van der Waals surface area (Å²) < 4.78 is 33.1. The fourth-order valence-electron chi connectivity index (χ4n) is 4.75. The third kappa shape index (κ3) is 9.72. The van der Waals surface area contributed by atoms with Crippen LogP contribution < -0.4 is 14.4 Å². The van der Waals surface area contributed by atoms with Gasteiger partial charge in [0, 0.05) is 19.0 Å². The van der Waals surface area contributed by atoms with Crippen molar-refractivity contribution in [3.8, 4) is 11.5 Å². The number of rotatable bonds is 14. The fraction of sp³-hybridized carbons (Fsp3) is 0.257. The molecule has 11 heteroatoms. The van der Waals surface area contributed by atoms with Gasteiger partial charge in [-0.25, -0.2) is 8.42 Å². The highest BCUT2D eigenvalue weighted by atomic mass is 35.5. The minimum absolute atomic E-state index is 0.0113. The molecule has 0 fully saturated rings. The second-order valence-electron chi connectivity index (χ2n) is 11.0. The van der Waals surface area contributed by atoms with Gasteiger partial charge in [0.15, 0.2) is 0 Å². The first-order chi connectivity index (χ1) is 21.9. The van der Waals surface area contributed by atoms with E-state index in [2.05, 4.69) is 5.32 Å². The highest BCUT2D eigenvalue weighted by molar-refractivity contribution is 7.92. The Bertz CT molecular complexity index is 1720. The number of benzene rings is 4. The molecule has 0 spiro atoms. The van der Waals surface area contributed by atoms with E-state index in [9.17, 15) is 18.0 Å². The minimum Gasteiger partial charge on any atom is -0.457 e. The van der Waals surface area contributed by atoms with Crippen molar-refractivity contribution in [1.82, 2.24) is 10.2 Å². The summed E-state index contributed by atoms with van der Waals surface area (Å²) in [6, 6.07) is 28.8. The lowest BCUT2D eigenvalue weighted by Gasteiger charge is -2.34. The molecule has 0 saturated carbocycles. The Balaban J connectivity index is 1.70. The summed E-state index contributed by atoms with van der Waals surface area (Å²) in [6.45, 7) is 3.29. The third-order valence-corrected chi connectivity index (χ3v) is 9.27. The molecule has 1 N–H and O–H groups in total. The van der Waals surface area contributed by atoms with Crippen molar-refractivity contribution in [2.24, 2.45) is 0 Å². The summed E-state index contributed by atoms with van der Waals surface area (Å²) in [5.74, 6) is 0.213. The SMILES string of the molecule is CC[C@H](C)NC(=O)[C@@H](Cc1ccccc1)N(Cc1ccc(Cl)c(Cl)c1)C(=O)CN(c1ccc(Oc2ccccc2)cc1)S(C)(=O)=O. The first-order valence-electron chi connectivity index (χ1n) is 14.8. The molecule has 0 aliphatic carbocycles. The Morgan fingerprint density at radius 3 is 2.02 bits per heavy atom. The van der Waals surface area contributed by atoms with Crippen LogP contribution in [0.5, 0.6) is 11.5 Å². The number of anilines is 1. The van der Waals surface area contributed by atoms with E-state index in [0.29, 0.717) is 33.5 Å². The summed E-state index contributed by atoms with van der Waals surface area (Å²) in [7, 11) is -3.93. The number of nitrogens with one attached hydrogen (secondary N) is 1. The van der Waals surface area contributed by atoms with Gasteiger partial charge in [-0.15, -0.1) is 0 Å². The number of amides is 2. The van der Waals surface area contributed by atoms with Crippen molar-refractivity contribution in [3.05, 3.63) is 124 Å². The zero-order valence-electron chi connectivity index (χ0n) is 25.9. The van der Waals surface area contributed by atoms with Crippen LogP contribution in [0.3, 0.4) is 0 Å². The largest absolute Gasteiger partial charge is 0.457 e. The van der Waals surface area contributed by atoms with Gasteiger partial charge in [-0.1, -0.05) is 84.7 Å². The molecule has 0 saturated heterocycles. The van der Waals surface area contributed by atoms with Crippen LogP contribution in [0, 0.1) is 0 Å². The van der Waals surface area contributed by atoms with Gasteiger partial charge in [0.2, 0.25) is 21.8 Å². The van der Waals surface area contributed by atoms with Crippen molar-refractivity contribution in [1.29, 1.82) is 0 Å². The van der Waals surface area contributed by atoms with Crippen LogP contribution >= 0.6 is 23.2 Å². The molecule has 46 heavy (non-hydrogen) atoms. The van der Waals surface area contributed by atoms with Crippen LogP contribution in [0.1, 0.15) is 31.4 Å². The molecule has 242 valence electrons. The van der Waals surface area contributed by atoms with Crippen LogP contribution in [0.15, 0.2) is 103 Å². The molecule has 0 bridgehead atoms. The number of halogens is 2. The second-order valence-corrected chi connectivity index (χ2v) is 13.7. The Labute approximate surface area is 280 Å². The molecule has 4 aromatic rings. The van der Waals surface area contributed by atoms with Gasteiger partial charge in [0.1, 0.15) is 24.1 Å². The number of sulfonamides is 1. The van der Waals surface area contributed by atoms with E-state index < -0.39 is 28.5 Å². The lowest BCUT2D eigenvalue weighted by atomic mass is 10.0. The van der Waals surface area contributed by atoms with Crippen molar-refractivity contribution in [2.45, 2.75) is 45.3 Å². The van der Waals surface area contributed by atoms with E-state index in [1.165, 1.54) is 4.90 Å². The van der Waals surface area contributed by atoms with Gasteiger partial charge in [-0.3, -0.25) is 13.9 Å². The molecule has 0 aliphatic heterocycles. The third-order valence-electron chi connectivity index (χ3n) is 7.39. The van der Waals surface area contributed by atoms with Crippen LogP contribution in [0.25, 0.3) is 0 Å². The van der Waals surface area contributed by atoms with E-state index in [0.717, 1.165) is 16.1 Å². The number of para-hydroxylation sites is 1. The fourth-order valence-corrected chi connectivity index (χ4v) is 5.92. The number of hydrogen-bond donors (Lipinski definition) is 1. The van der Waals surface area contributed by atoms with E-state index in [1.807, 2.05) is 62.4 Å². The maximum atomic E-state index is 14.3. The topological polar surface area (TPSA) is 96.0 Å². The van der Waals surface area contributed by atoms with Crippen molar-refractivity contribution < 1.29 is 22.7 Å². The van der Waals surface area contributed by atoms with Gasteiger partial charge >= 0.3 is 0 Å². The average Bonchev–Trinajstić information content (AvgIpc) is 3.04.